The van der Waals surface area contributed by atoms with Crippen molar-refractivity contribution in [2.24, 2.45) is 0 Å². The second-order valence-corrected chi connectivity index (χ2v) is 5.34. The van der Waals surface area contributed by atoms with E-state index in [0.29, 0.717) is 12.1 Å². The Hall–Kier alpha value is -0.120. The van der Waals surface area contributed by atoms with Gasteiger partial charge >= 0.3 is 0 Å². The number of rotatable bonds is 2. The molecule has 3 heteroatoms. The lowest BCUT2D eigenvalue weighted by molar-refractivity contribution is -0.0131. The molecule has 0 aromatic heterocycles. The van der Waals surface area contributed by atoms with E-state index in [9.17, 15) is 10.2 Å². The molecule has 1 saturated carbocycles. The highest BCUT2D eigenvalue weighted by Gasteiger charge is 2.33. The van der Waals surface area contributed by atoms with E-state index in [1.165, 1.54) is 25.7 Å². The predicted molar refractivity (Wildman–Crippen MR) is 64.3 cm³/mol. The molecule has 2 aliphatic rings. The van der Waals surface area contributed by atoms with Gasteiger partial charge in [0.15, 0.2) is 0 Å². The molecule has 1 aliphatic carbocycles. The van der Waals surface area contributed by atoms with Crippen molar-refractivity contribution in [3.05, 3.63) is 0 Å². The third-order valence-electron chi connectivity index (χ3n) is 4.25. The van der Waals surface area contributed by atoms with Gasteiger partial charge in [0.05, 0.1) is 12.7 Å². The van der Waals surface area contributed by atoms with Gasteiger partial charge in [-0.2, -0.15) is 0 Å². The molecule has 0 spiro atoms. The van der Waals surface area contributed by atoms with Crippen LogP contribution in [0.4, 0.5) is 0 Å². The number of aliphatic hydroxyl groups is 2. The van der Waals surface area contributed by atoms with E-state index < -0.39 is 0 Å². The Kier molecular flexibility index (Phi) is 4.62. The van der Waals surface area contributed by atoms with Crippen LogP contribution in [0.15, 0.2) is 0 Å². The summed E-state index contributed by atoms with van der Waals surface area (Å²) in [6, 6.07) is 0.601. The van der Waals surface area contributed by atoms with Crippen LogP contribution in [0.25, 0.3) is 0 Å². The maximum absolute atomic E-state index is 10.1. The average Bonchev–Trinajstić information content (AvgIpc) is 2.54. The molecule has 0 aromatic rings. The Labute approximate surface area is 98.5 Å². The normalized spacial score (nSPS) is 38.2. The zero-order valence-corrected chi connectivity index (χ0v) is 10.1. The highest BCUT2D eigenvalue weighted by Crippen LogP contribution is 2.28. The van der Waals surface area contributed by atoms with E-state index in [2.05, 4.69) is 4.90 Å². The molecular formula is C13H25NO2. The first-order valence-electron chi connectivity index (χ1n) is 6.87. The SMILES string of the molecule is OCC1CCCCCN1[C@@H]1CCCC[C@H]1O. The van der Waals surface area contributed by atoms with Crippen LogP contribution in [0.1, 0.15) is 51.4 Å². The molecule has 2 N–H and O–H groups in total. The summed E-state index contributed by atoms with van der Waals surface area (Å²) in [6.07, 6.45) is 9.10. The lowest BCUT2D eigenvalue weighted by Crippen LogP contribution is -2.51. The number of likely N-dealkylation sites (tertiary alicyclic amines) is 1. The van der Waals surface area contributed by atoms with Crippen molar-refractivity contribution in [3.8, 4) is 0 Å². The first kappa shape index (κ1) is 12.3. The molecule has 16 heavy (non-hydrogen) atoms. The number of hydrogen-bond acceptors (Lipinski definition) is 3. The zero-order chi connectivity index (χ0) is 11.4. The van der Waals surface area contributed by atoms with Crippen LogP contribution in [-0.2, 0) is 0 Å². The van der Waals surface area contributed by atoms with Crippen LogP contribution in [-0.4, -0.2) is 46.5 Å². The van der Waals surface area contributed by atoms with Crippen molar-refractivity contribution >= 4 is 0 Å². The lowest BCUT2D eigenvalue weighted by atomic mass is 9.90. The van der Waals surface area contributed by atoms with Gasteiger partial charge < -0.3 is 10.2 Å². The number of hydrogen-bond donors (Lipinski definition) is 2. The number of aliphatic hydroxyl groups excluding tert-OH is 2. The van der Waals surface area contributed by atoms with Gasteiger partial charge in [0.2, 0.25) is 0 Å². The van der Waals surface area contributed by atoms with Gasteiger partial charge in [-0.1, -0.05) is 25.7 Å². The molecule has 0 aromatic carbocycles. The van der Waals surface area contributed by atoms with Crippen LogP contribution < -0.4 is 0 Å². The van der Waals surface area contributed by atoms with Gasteiger partial charge in [-0.15, -0.1) is 0 Å². The molecule has 0 bridgehead atoms. The number of nitrogens with zero attached hydrogens (tertiary/aromatic N) is 1. The summed E-state index contributed by atoms with van der Waals surface area (Å²) in [5.74, 6) is 0. The van der Waals surface area contributed by atoms with Crippen LogP contribution in [0, 0.1) is 0 Å². The summed E-state index contributed by atoms with van der Waals surface area (Å²) in [4.78, 5) is 2.40. The first-order chi connectivity index (χ1) is 7.83. The maximum Gasteiger partial charge on any atom is 0.0695 e. The molecule has 1 unspecified atom stereocenters. The fraction of sp³-hybridized carbons (Fsp3) is 1.00. The minimum absolute atomic E-state index is 0.166. The molecule has 1 heterocycles. The van der Waals surface area contributed by atoms with E-state index in [4.69, 9.17) is 0 Å². The summed E-state index contributed by atoms with van der Waals surface area (Å²) in [5.41, 5.74) is 0. The zero-order valence-electron chi connectivity index (χ0n) is 10.1. The Morgan fingerprint density at radius 1 is 0.938 bits per heavy atom. The van der Waals surface area contributed by atoms with Gasteiger partial charge in [-0.05, 0) is 32.2 Å². The second kappa shape index (κ2) is 5.99. The molecule has 2 fully saturated rings. The van der Waals surface area contributed by atoms with E-state index in [0.717, 1.165) is 32.2 Å². The van der Waals surface area contributed by atoms with Crippen LogP contribution >= 0.6 is 0 Å². The van der Waals surface area contributed by atoms with Crippen molar-refractivity contribution in [2.45, 2.75) is 69.6 Å². The van der Waals surface area contributed by atoms with E-state index in [1.807, 2.05) is 0 Å². The summed E-state index contributed by atoms with van der Waals surface area (Å²) in [6.45, 7) is 1.32. The predicted octanol–water partition coefficient (Wildman–Crippen LogP) is 1.53. The minimum atomic E-state index is -0.166. The third kappa shape index (κ3) is 2.76. The maximum atomic E-state index is 10.1. The van der Waals surface area contributed by atoms with Crippen molar-refractivity contribution in [2.75, 3.05) is 13.2 Å². The Bertz CT molecular complexity index is 210. The molecule has 2 rings (SSSR count). The van der Waals surface area contributed by atoms with Gasteiger partial charge in [-0.3, -0.25) is 4.90 Å². The quantitative estimate of drug-likeness (QED) is 0.752. The Balaban J connectivity index is 2.02. The standard InChI is InChI=1S/C13H25NO2/c15-10-11-6-2-1-5-9-14(11)12-7-3-4-8-13(12)16/h11-13,15-16H,1-10H2/t11?,12-,13-/m1/s1. The van der Waals surface area contributed by atoms with Crippen LogP contribution in [0.2, 0.25) is 0 Å². The van der Waals surface area contributed by atoms with Crippen LogP contribution in [0.5, 0.6) is 0 Å². The highest BCUT2D eigenvalue weighted by molar-refractivity contribution is 4.88. The summed E-state index contributed by atoms with van der Waals surface area (Å²) in [7, 11) is 0. The highest BCUT2D eigenvalue weighted by atomic mass is 16.3. The fourth-order valence-corrected chi connectivity index (χ4v) is 3.31. The first-order valence-corrected chi connectivity index (χ1v) is 6.87. The Morgan fingerprint density at radius 2 is 1.69 bits per heavy atom. The van der Waals surface area contributed by atoms with Crippen molar-refractivity contribution in [1.29, 1.82) is 0 Å². The molecule has 3 atom stereocenters. The molecule has 94 valence electrons. The summed E-state index contributed by atoms with van der Waals surface area (Å²) in [5, 5.41) is 19.6. The summed E-state index contributed by atoms with van der Waals surface area (Å²) < 4.78 is 0. The molecule has 1 saturated heterocycles. The molecule has 0 amide bonds. The van der Waals surface area contributed by atoms with Gasteiger partial charge in [-0.25, -0.2) is 0 Å². The molecular weight excluding hydrogens is 202 g/mol. The molecule has 3 nitrogen and oxygen atoms in total. The fourth-order valence-electron chi connectivity index (χ4n) is 3.31. The van der Waals surface area contributed by atoms with Crippen molar-refractivity contribution in [1.82, 2.24) is 4.90 Å². The topological polar surface area (TPSA) is 43.7 Å². The smallest absolute Gasteiger partial charge is 0.0695 e. The monoisotopic (exact) mass is 227 g/mol. The van der Waals surface area contributed by atoms with E-state index in [-0.39, 0.29) is 12.7 Å². The molecule has 0 radical (unpaired) electrons. The Morgan fingerprint density at radius 3 is 2.44 bits per heavy atom. The second-order valence-electron chi connectivity index (χ2n) is 5.34. The summed E-state index contributed by atoms with van der Waals surface area (Å²) >= 11 is 0. The lowest BCUT2D eigenvalue weighted by Gasteiger charge is -2.41. The van der Waals surface area contributed by atoms with Crippen molar-refractivity contribution < 1.29 is 10.2 Å². The van der Waals surface area contributed by atoms with Crippen LogP contribution in [0.3, 0.4) is 0 Å². The minimum Gasteiger partial charge on any atom is -0.395 e. The van der Waals surface area contributed by atoms with E-state index in [1.54, 1.807) is 0 Å². The molecule has 1 aliphatic heterocycles. The van der Waals surface area contributed by atoms with Crippen molar-refractivity contribution in [3.63, 3.8) is 0 Å². The van der Waals surface area contributed by atoms with Gasteiger partial charge in [0.25, 0.3) is 0 Å². The average molecular weight is 227 g/mol. The largest absolute Gasteiger partial charge is 0.395 e. The van der Waals surface area contributed by atoms with Gasteiger partial charge in [0, 0.05) is 12.1 Å². The van der Waals surface area contributed by atoms with E-state index >= 15 is 0 Å². The van der Waals surface area contributed by atoms with Gasteiger partial charge in [0.1, 0.15) is 0 Å². The third-order valence-corrected chi connectivity index (χ3v) is 4.25.